The second-order valence-corrected chi connectivity index (χ2v) is 2.01. The minimum absolute atomic E-state index is 0.0489. The molecule has 1 aromatic rings. The van der Waals surface area contributed by atoms with Crippen molar-refractivity contribution < 1.29 is 9.18 Å². The summed E-state index contributed by atoms with van der Waals surface area (Å²) in [7, 11) is 0. The molecule has 0 bridgehead atoms. The van der Waals surface area contributed by atoms with Crippen molar-refractivity contribution in [2.75, 3.05) is 0 Å². The number of benzene rings is 1. The molecule has 0 spiro atoms. The van der Waals surface area contributed by atoms with E-state index in [4.69, 9.17) is 5.53 Å². The van der Waals surface area contributed by atoms with Crippen LogP contribution in [0, 0.1) is 5.82 Å². The molecule has 0 saturated carbocycles. The Balaban J connectivity index is 3.28. The quantitative estimate of drug-likeness (QED) is 0.287. The summed E-state index contributed by atoms with van der Waals surface area (Å²) < 4.78 is 12.5. The molecule has 0 heterocycles. The molecule has 1 rings (SSSR count). The van der Waals surface area contributed by atoms with Crippen molar-refractivity contribution >= 4 is 12.0 Å². The third-order valence-electron chi connectivity index (χ3n) is 1.27. The molecule has 0 radical (unpaired) electrons. The van der Waals surface area contributed by atoms with Crippen molar-refractivity contribution in [3.8, 4) is 0 Å². The maximum absolute atomic E-state index is 12.5. The van der Waals surface area contributed by atoms with E-state index in [2.05, 4.69) is 10.0 Å². The zero-order valence-electron chi connectivity index (χ0n) is 5.94. The molecule has 1 aromatic carbocycles. The van der Waals surface area contributed by atoms with Crippen molar-refractivity contribution in [1.82, 2.24) is 0 Å². The van der Waals surface area contributed by atoms with Crippen LogP contribution in [0.4, 0.5) is 10.1 Å². The van der Waals surface area contributed by atoms with Gasteiger partial charge in [0, 0.05) is 16.2 Å². The zero-order chi connectivity index (χ0) is 8.97. The molecule has 0 atom stereocenters. The molecule has 0 saturated heterocycles. The molecule has 12 heavy (non-hydrogen) atoms. The van der Waals surface area contributed by atoms with Gasteiger partial charge in [0.2, 0.25) is 0 Å². The molecule has 0 aromatic heterocycles. The molecule has 0 fully saturated rings. The lowest BCUT2D eigenvalue weighted by atomic mass is 10.2. The predicted octanol–water partition coefficient (Wildman–Crippen LogP) is 2.58. The zero-order valence-corrected chi connectivity index (χ0v) is 5.94. The maximum atomic E-state index is 12.5. The Morgan fingerprint density at radius 3 is 2.92 bits per heavy atom. The number of hydrogen-bond acceptors (Lipinski definition) is 2. The normalized spacial score (nSPS) is 8.75. The molecular weight excluding hydrogens is 161 g/mol. The summed E-state index contributed by atoms with van der Waals surface area (Å²) in [6.45, 7) is 0. The molecule has 60 valence electrons. The number of azide groups is 1. The minimum atomic E-state index is -0.533. The Morgan fingerprint density at radius 1 is 1.58 bits per heavy atom. The van der Waals surface area contributed by atoms with Gasteiger partial charge in [-0.05, 0) is 23.7 Å². The lowest BCUT2D eigenvalue weighted by Gasteiger charge is -1.95. The van der Waals surface area contributed by atoms with Crippen molar-refractivity contribution in [3.63, 3.8) is 0 Å². The van der Waals surface area contributed by atoms with Crippen LogP contribution in [-0.4, -0.2) is 6.29 Å². The fraction of sp³-hybridized carbons (Fsp3) is 0. The van der Waals surface area contributed by atoms with E-state index in [0.29, 0.717) is 6.29 Å². The van der Waals surface area contributed by atoms with Crippen LogP contribution < -0.4 is 0 Å². The topological polar surface area (TPSA) is 65.8 Å². The van der Waals surface area contributed by atoms with Crippen LogP contribution in [0.15, 0.2) is 23.3 Å². The van der Waals surface area contributed by atoms with Crippen molar-refractivity contribution in [1.29, 1.82) is 0 Å². The summed E-state index contributed by atoms with van der Waals surface area (Å²) in [5.74, 6) is -0.533. The number of aldehydes is 1. The lowest BCUT2D eigenvalue weighted by molar-refractivity contribution is 0.112. The van der Waals surface area contributed by atoms with Crippen molar-refractivity contribution in [2.24, 2.45) is 5.11 Å². The van der Waals surface area contributed by atoms with Gasteiger partial charge in [0.1, 0.15) is 5.82 Å². The van der Waals surface area contributed by atoms with E-state index in [1.807, 2.05) is 0 Å². The van der Waals surface area contributed by atoms with Gasteiger partial charge in [-0.25, -0.2) is 4.39 Å². The first-order chi connectivity index (χ1) is 5.77. The average molecular weight is 165 g/mol. The first-order valence-electron chi connectivity index (χ1n) is 3.08. The molecule has 0 amide bonds. The van der Waals surface area contributed by atoms with E-state index in [-0.39, 0.29) is 11.3 Å². The highest BCUT2D eigenvalue weighted by Gasteiger charge is 1.99. The van der Waals surface area contributed by atoms with Gasteiger partial charge in [-0.1, -0.05) is 5.11 Å². The van der Waals surface area contributed by atoms with E-state index in [1.165, 1.54) is 6.07 Å². The summed E-state index contributed by atoms with van der Waals surface area (Å²) in [5, 5.41) is 3.20. The van der Waals surface area contributed by atoms with Crippen LogP contribution in [0.1, 0.15) is 10.4 Å². The number of hydrogen-bond donors (Lipinski definition) is 0. The van der Waals surface area contributed by atoms with Gasteiger partial charge in [-0.15, -0.1) is 0 Å². The van der Waals surface area contributed by atoms with Crippen molar-refractivity contribution in [2.45, 2.75) is 0 Å². The minimum Gasteiger partial charge on any atom is -0.298 e. The second-order valence-electron chi connectivity index (χ2n) is 2.01. The molecule has 4 nitrogen and oxygen atoms in total. The Hall–Kier alpha value is -1.87. The second kappa shape index (κ2) is 3.50. The SMILES string of the molecule is [N-]=[N+]=Nc1ccc(F)cc1C=O. The summed E-state index contributed by atoms with van der Waals surface area (Å²) in [6, 6.07) is 3.38. The standard InChI is InChI=1S/C7H4FN3O/c8-6-1-2-7(10-11-9)5(3-6)4-12/h1-4H. The van der Waals surface area contributed by atoms with Gasteiger partial charge >= 0.3 is 0 Å². The lowest BCUT2D eigenvalue weighted by Crippen LogP contribution is -1.82. The number of rotatable bonds is 2. The van der Waals surface area contributed by atoms with E-state index < -0.39 is 5.82 Å². The smallest absolute Gasteiger partial charge is 0.150 e. The Bertz CT molecular complexity index is 358. The van der Waals surface area contributed by atoms with E-state index in [9.17, 15) is 9.18 Å². The fourth-order valence-corrected chi connectivity index (χ4v) is 0.759. The van der Waals surface area contributed by atoms with E-state index >= 15 is 0 Å². The van der Waals surface area contributed by atoms with Gasteiger partial charge in [-0.3, -0.25) is 4.79 Å². The molecule has 0 aliphatic carbocycles. The monoisotopic (exact) mass is 165 g/mol. The van der Waals surface area contributed by atoms with Gasteiger partial charge in [0.25, 0.3) is 0 Å². The van der Waals surface area contributed by atoms with Crippen LogP contribution in [0.3, 0.4) is 0 Å². The summed E-state index contributed by atoms with van der Waals surface area (Å²) >= 11 is 0. The highest BCUT2D eigenvalue weighted by Crippen LogP contribution is 2.18. The highest BCUT2D eigenvalue weighted by atomic mass is 19.1. The molecule has 5 heteroatoms. The predicted molar refractivity (Wildman–Crippen MR) is 40.6 cm³/mol. The summed E-state index contributed by atoms with van der Waals surface area (Å²) in [4.78, 5) is 12.8. The summed E-state index contributed by atoms with van der Waals surface area (Å²) in [5.41, 5.74) is 8.24. The number of halogens is 1. The van der Waals surface area contributed by atoms with Crippen molar-refractivity contribution in [3.05, 3.63) is 40.0 Å². The molecule has 0 unspecified atom stereocenters. The third-order valence-corrected chi connectivity index (χ3v) is 1.27. The Morgan fingerprint density at radius 2 is 2.33 bits per heavy atom. The van der Waals surface area contributed by atoms with Crippen LogP contribution in [-0.2, 0) is 0 Å². The van der Waals surface area contributed by atoms with Crippen LogP contribution in [0.25, 0.3) is 10.4 Å². The highest BCUT2D eigenvalue weighted by molar-refractivity contribution is 5.82. The molecule has 0 aliphatic rings. The van der Waals surface area contributed by atoms with Crippen LogP contribution in [0.2, 0.25) is 0 Å². The summed E-state index contributed by atoms with van der Waals surface area (Å²) in [6.07, 6.45) is 0.438. The number of carbonyl (C=O) groups is 1. The average Bonchev–Trinajstić information content (AvgIpc) is 2.08. The third kappa shape index (κ3) is 1.59. The maximum Gasteiger partial charge on any atom is 0.150 e. The Kier molecular flexibility index (Phi) is 2.40. The largest absolute Gasteiger partial charge is 0.298 e. The van der Waals surface area contributed by atoms with Gasteiger partial charge in [0.15, 0.2) is 6.29 Å². The molecule has 0 aliphatic heterocycles. The number of carbonyl (C=O) groups excluding carboxylic acids is 1. The van der Waals surface area contributed by atoms with Gasteiger partial charge < -0.3 is 0 Å². The van der Waals surface area contributed by atoms with E-state index in [0.717, 1.165) is 12.1 Å². The number of nitrogens with zero attached hydrogens (tertiary/aromatic N) is 3. The Labute approximate surface area is 67.3 Å². The van der Waals surface area contributed by atoms with Crippen LogP contribution in [0.5, 0.6) is 0 Å². The fourth-order valence-electron chi connectivity index (χ4n) is 0.759. The first-order valence-corrected chi connectivity index (χ1v) is 3.08. The molecule has 0 N–H and O–H groups in total. The van der Waals surface area contributed by atoms with Gasteiger partial charge in [-0.2, -0.15) is 0 Å². The van der Waals surface area contributed by atoms with Gasteiger partial charge in [0.05, 0.1) is 0 Å². The first kappa shape index (κ1) is 8.23. The van der Waals surface area contributed by atoms with E-state index in [1.54, 1.807) is 0 Å². The molecular formula is C7H4FN3O. The van der Waals surface area contributed by atoms with Crippen LogP contribution >= 0.6 is 0 Å².